The number of aryl methyl sites for hydroxylation is 1. The zero-order chi connectivity index (χ0) is 15.4. The normalized spacial score (nSPS) is 12.0. The van der Waals surface area contributed by atoms with Crippen LogP contribution in [0.15, 0.2) is 18.2 Å². The molecule has 1 aromatic carbocycles. The molecular weight excluding hydrogens is 331 g/mol. The summed E-state index contributed by atoms with van der Waals surface area (Å²) in [6, 6.07) is 4.55. The first-order valence-electron chi connectivity index (χ1n) is 6.34. The van der Waals surface area contributed by atoms with Crippen LogP contribution in [0.25, 0.3) is 0 Å². The first-order chi connectivity index (χ1) is 9.99. The molecule has 21 heavy (non-hydrogen) atoms. The molecular formula is C13H14Cl2N4OS. The lowest BCUT2D eigenvalue weighted by Crippen LogP contribution is -2.31. The molecule has 0 saturated heterocycles. The number of nitrogens with one attached hydrogen (secondary N) is 2. The lowest BCUT2D eigenvalue weighted by atomic mass is 10.2. The summed E-state index contributed by atoms with van der Waals surface area (Å²) in [6.07, 6.45) is 0.791. The summed E-state index contributed by atoms with van der Waals surface area (Å²) in [4.78, 5) is 12.1. The molecule has 0 bridgehead atoms. The summed E-state index contributed by atoms with van der Waals surface area (Å²) < 4.78 is 0. The Hall–Kier alpha value is -1.37. The summed E-state index contributed by atoms with van der Waals surface area (Å²) >= 11 is 13.3. The third-order valence-electron chi connectivity index (χ3n) is 2.69. The fraction of sp³-hybridized carbons (Fsp3) is 0.308. The van der Waals surface area contributed by atoms with Crippen molar-refractivity contribution in [2.75, 3.05) is 10.6 Å². The molecule has 0 saturated carbocycles. The van der Waals surface area contributed by atoms with E-state index >= 15 is 0 Å². The second-order valence-electron chi connectivity index (χ2n) is 4.33. The molecule has 0 aliphatic heterocycles. The molecule has 0 radical (unpaired) electrons. The minimum atomic E-state index is -0.491. The third-order valence-corrected chi connectivity index (χ3v) is 4.24. The quantitative estimate of drug-likeness (QED) is 0.864. The largest absolute Gasteiger partial charge is 0.373 e. The monoisotopic (exact) mass is 344 g/mol. The van der Waals surface area contributed by atoms with E-state index in [1.807, 2.05) is 6.92 Å². The minimum absolute atomic E-state index is 0.218. The first kappa shape index (κ1) is 16.0. The molecule has 0 fully saturated rings. The summed E-state index contributed by atoms with van der Waals surface area (Å²) in [5.74, 6) is -0.218. The van der Waals surface area contributed by atoms with E-state index in [1.54, 1.807) is 25.1 Å². The van der Waals surface area contributed by atoms with Gasteiger partial charge in [-0.15, -0.1) is 10.2 Å². The van der Waals surface area contributed by atoms with Gasteiger partial charge in [0, 0.05) is 5.02 Å². The number of hydrogen-bond acceptors (Lipinski definition) is 5. The van der Waals surface area contributed by atoms with E-state index < -0.39 is 6.04 Å². The van der Waals surface area contributed by atoms with Gasteiger partial charge in [-0.05, 0) is 31.5 Å². The highest BCUT2D eigenvalue weighted by Crippen LogP contribution is 2.26. The lowest BCUT2D eigenvalue weighted by molar-refractivity contribution is -0.116. The maximum atomic E-state index is 12.1. The van der Waals surface area contributed by atoms with Crippen molar-refractivity contribution >= 4 is 51.3 Å². The Morgan fingerprint density at radius 2 is 2.14 bits per heavy atom. The summed E-state index contributed by atoms with van der Waals surface area (Å²) in [5, 5.41) is 16.0. The number of carbonyl (C=O) groups is 1. The number of anilines is 2. The molecule has 2 rings (SSSR count). The molecule has 112 valence electrons. The van der Waals surface area contributed by atoms with Crippen LogP contribution in [0.2, 0.25) is 10.0 Å². The van der Waals surface area contributed by atoms with E-state index in [0.29, 0.717) is 20.9 Å². The maximum Gasteiger partial charge on any atom is 0.248 e. The highest BCUT2D eigenvalue weighted by Gasteiger charge is 2.16. The predicted molar refractivity (Wildman–Crippen MR) is 87.5 cm³/mol. The Bertz CT molecular complexity index is 647. The van der Waals surface area contributed by atoms with Crippen LogP contribution in [0.5, 0.6) is 0 Å². The van der Waals surface area contributed by atoms with Crippen molar-refractivity contribution in [2.45, 2.75) is 26.3 Å². The zero-order valence-corrected chi connectivity index (χ0v) is 13.8. The molecule has 8 heteroatoms. The van der Waals surface area contributed by atoms with Crippen molar-refractivity contribution in [1.82, 2.24) is 10.2 Å². The van der Waals surface area contributed by atoms with Gasteiger partial charge in [-0.3, -0.25) is 10.1 Å². The number of aromatic nitrogens is 2. The maximum absolute atomic E-state index is 12.1. The fourth-order valence-electron chi connectivity index (χ4n) is 1.57. The van der Waals surface area contributed by atoms with Crippen molar-refractivity contribution < 1.29 is 4.79 Å². The van der Waals surface area contributed by atoms with Crippen molar-refractivity contribution in [2.24, 2.45) is 0 Å². The van der Waals surface area contributed by atoms with Crippen LogP contribution in [-0.4, -0.2) is 22.1 Å². The second-order valence-corrected chi connectivity index (χ2v) is 6.24. The summed E-state index contributed by atoms with van der Waals surface area (Å²) in [5.41, 5.74) is 0.610. The molecule has 0 spiro atoms. The van der Waals surface area contributed by atoms with Crippen molar-refractivity contribution in [3.63, 3.8) is 0 Å². The fourth-order valence-corrected chi connectivity index (χ4v) is 2.59. The van der Waals surface area contributed by atoms with Crippen LogP contribution >= 0.6 is 34.5 Å². The Kier molecular flexibility index (Phi) is 5.39. The smallest absolute Gasteiger partial charge is 0.248 e. The van der Waals surface area contributed by atoms with E-state index in [-0.39, 0.29) is 5.91 Å². The van der Waals surface area contributed by atoms with Crippen molar-refractivity contribution in [3.8, 4) is 0 Å². The lowest BCUT2D eigenvalue weighted by Gasteiger charge is -2.15. The van der Waals surface area contributed by atoms with Crippen LogP contribution in [0.4, 0.5) is 10.8 Å². The Morgan fingerprint density at radius 3 is 2.81 bits per heavy atom. The molecule has 2 aromatic rings. The van der Waals surface area contributed by atoms with Crippen molar-refractivity contribution in [3.05, 3.63) is 33.3 Å². The van der Waals surface area contributed by atoms with Gasteiger partial charge in [0.05, 0.1) is 10.7 Å². The SMILES string of the molecule is CCc1nnc(NC(=O)[C@H](C)Nc2cc(Cl)ccc2Cl)s1. The van der Waals surface area contributed by atoms with Gasteiger partial charge in [0.1, 0.15) is 11.0 Å². The predicted octanol–water partition coefficient (Wildman–Crippen LogP) is 3.85. The molecule has 0 aliphatic rings. The molecule has 1 aromatic heterocycles. The standard InChI is InChI=1S/C13H14Cl2N4OS/c1-3-11-18-19-13(21-11)17-12(20)7(2)16-10-6-8(14)4-5-9(10)15/h4-7,16H,3H2,1-2H3,(H,17,19,20)/t7-/m0/s1. The van der Waals surface area contributed by atoms with Crippen LogP contribution in [0.1, 0.15) is 18.9 Å². The van der Waals surface area contributed by atoms with E-state index in [2.05, 4.69) is 20.8 Å². The molecule has 0 unspecified atom stereocenters. The molecule has 0 aliphatic carbocycles. The average Bonchev–Trinajstić information content (AvgIpc) is 2.90. The number of benzene rings is 1. The molecule has 1 heterocycles. The average molecular weight is 345 g/mol. The van der Waals surface area contributed by atoms with Gasteiger partial charge in [0.15, 0.2) is 0 Å². The molecule has 5 nitrogen and oxygen atoms in total. The van der Waals surface area contributed by atoms with Gasteiger partial charge in [0.25, 0.3) is 0 Å². The van der Waals surface area contributed by atoms with E-state index in [9.17, 15) is 4.79 Å². The van der Waals surface area contributed by atoms with E-state index in [4.69, 9.17) is 23.2 Å². The van der Waals surface area contributed by atoms with Crippen LogP contribution in [-0.2, 0) is 11.2 Å². The van der Waals surface area contributed by atoms with Gasteiger partial charge in [-0.25, -0.2) is 0 Å². The Morgan fingerprint density at radius 1 is 1.38 bits per heavy atom. The zero-order valence-electron chi connectivity index (χ0n) is 11.5. The van der Waals surface area contributed by atoms with Crippen LogP contribution in [0.3, 0.4) is 0 Å². The molecule has 2 N–H and O–H groups in total. The van der Waals surface area contributed by atoms with Crippen LogP contribution < -0.4 is 10.6 Å². The van der Waals surface area contributed by atoms with Crippen molar-refractivity contribution in [1.29, 1.82) is 0 Å². The topological polar surface area (TPSA) is 66.9 Å². The first-order valence-corrected chi connectivity index (χ1v) is 7.91. The number of hydrogen-bond donors (Lipinski definition) is 2. The minimum Gasteiger partial charge on any atom is -0.373 e. The second kappa shape index (κ2) is 7.06. The third kappa shape index (κ3) is 4.30. The number of nitrogens with zero attached hydrogens (tertiary/aromatic N) is 2. The summed E-state index contributed by atoms with van der Waals surface area (Å²) in [6.45, 7) is 3.71. The Labute approximate surface area is 136 Å². The molecule has 1 amide bonds. The van der Waals surface area contributed by atoms with Gasteiger partial charge >= 0.3 is 0 Å². The van der Waals surface area contributed by atoms with Gasteiger partial charge in [0.2, 0.25) is 11.0 Å². The van der Waals surface area contributed by atoms with Gasteiger partial charge < -0.3 is 5.32 Å². The number of carbonyl (C=O) groups excluding carboxylic acids is 1. The highest BCUT2D eigenvalue weighted by molar-refractivity contribution is 7.15. The summed E-state index contributed by atoms with van der Waals surface area (Å²) in [7, 11) is 0. The van der Waals surface area contributed by atoms with Gasteiger partial charge in [-0.1, -0.05) is 41.5 Å². The highest BCUT2D eigenvalue weighted by atomic mass is 35.5. The number of halogens is 2. The molecule has 1 atom stereocenters. The number of rotatable bonds is 5. The van der Waals surface area contributed by atoms with Crippen LogP contribution in [0, 0.1) is 0 Å². The van der Waals surface area contributed by atoms with E-state index in [0.717, 1.165) is 11.4 Å². The number of amides is 1. The Balaban J connectivity index is 2.00. The van der Waals surface area contributed by atoms with Gasteiger partial charge in [-0.2, -0.15) is 0 Å². The van der Waals surface area contributed by atoms with E-state index in [1.165, 1.54) is 11.3 Å².